The SMILES string of the molecule is CC(C)C[N+]([O-])=Cc1cocc1S(=O)(=O)O.CC(C)C[N+]([O-])=Cc1occc1S(=O)(=O)O. The van der Waals surface area contributed by atoms with Gasteiger partial charge in [-0.05, 0) is 6.07 Å². The molecule has 14 heteroatoms. The average molecular weight is 495 g/mol. The maximum absolute atomic E-state index is 11.3. The van der Waals surface area contributed by atoms with Crippen molar-refractivity contribution < 1.29 is 44.3 Å². The van der Waals surface area contributed by atoms with Crippen molar-refractivity contribution in [1.82, 2.24) is 0 Å². The Kier molecular flexibility index (Phi) is 9.63. The van der Waals surface area contributed by atoms with Gasteiger partial charge < -0.3 is 19.2 Å². The Labute approximate surface area is 186 Å². The molecular formula is C18H26N2O10S2. The molecule has 0 radical (unpaired) electrons. The third-order valence-electron chi connectivity index (χ3n) is 3.50. The third kappa shape index (κ3) is 9.21. The largest absolute Gasteiger partial charge is 0.624 e. The zero-order valence-corrected chi connectivity index (χ0v) is 19.5. The van der Waals surface area contributed by atoms with E-state index in [1.54, 1.807) is 0 Å². The molecule has 180 valence electrons. The van der Waals surface area contributed by atoms with E-state index >= 15 is 0 Å². The van der Waals surface area contributed by atoms with Crippen LogP contribution < -0.4 is 0 Å². The molecule has 2 N–H and O–H groups in total. The van der Waals surface area contributed by atoms with Crippen LogP contribution in [0, 0.1) is 22.3 Å². The molecule has 0 atom stereocenters. The van der Waals surface area contributed by atoms with E-state index in [-0.39, 0.29) is 36.2 Å². The van der Waals surface area contributed by atoms with Gasteiger partial charge in [0.15, 0.2) is 19.3 Å². The fourth-order valence-corrected chi connectivity index (χ4v) is 3.49. The van der Waals surface area contributed by atoms with Crippen molar-refractivity contribution in [1.29, 1.82) is 0 Å². The van der Waals surface area contributed by atoms with Crippen molar-refractivity contribution in [3.8, 4) is 0 Å². The quantitative estimate of drug-likeness (QED) is 0.181. The minimum absolute atomic E-state index is 0.0400. The maximum Gasteiger partial charge on any atom is 0.298 e. The predicted octanol–water partition coefficient (Wildman–Crippen LogP) is 2.22. The lowest BCUT2D eigenvalue weighted by atomic mass is 10.2. The molecule has 0 saturated heterocycles. The summed E-state index contributed by atoms with van der Waals surface area (Å²) in [6, 6.07) is 1.09. The van der Waals surface area contributed by atoms with Gasteiger partial charge in [0.05, 0.1) is 11.8 Å². The molecule has 0 aliphatic heterocycles. The number of hydroxylamine groups is 2. The first-order chi connectivity index (χ1) is 14.6. The van der Waals surface area contributed by atoms with E-state index in [0.717, 1.165) is 37.3 Å². The van der Waals surface area contributed by atoms with Crippen LogP contribution in [-0.2, 0) is 20.2 Å². The molecule has 0 spiro atoms. The van der Waals surface area contributed by atoms with E-state index in [1.165, 1.54) is 0 Å². The molecular weight excluding hydrogens is 468 g/mol. The highest BCUT2D eigenvalue weighted by Crippen LogP contribution is 2.15. The van der Waals surface area contributed by atoms with E-state index in [4.69, 9.17) is 13.5 Å². The number of rotatable bonds is 8. The lowest BCUT2D eigenvalue weighted by Gasteiger charge is -2.05. The van der Waals surface area contributed by atoms with Crippen molar-refractivity contribution >= 4 is 32.7 Å². The summed E-state index contributed by atoms with van der Waals surface area (Å²) in [5, 5.41) is 22.7. The standard InChI is InChI=1S/2C9H13NO5S/c1-7(2)3-10(11)4-8-5-15-6-9(8)16(12,13)14;1-7(2)5-10(11)6-8-9(3-4-15-8)16(12,13)14/h4-7H,3H2,1-2H3,(H,12,13,14);3-4,6-7H,5H2,1-2H3,(H,12,13,14). The number of hydrogen-bond acceptors (Lipinski definition) is 8. The van der Waals surface area contributed by atoms with Crippen molar-refractivity contribution in [3.05, 3.63) is 46.6 Å². The van der Waals surface area contributed by atoms with Crippen molar-refractivity contribution in [2.24, 2.45) is 11.8 Å². The molecule has 32 heavy (non-hydrogen) atoms. The van der Waals surface area contributed by atoms with Crippen LogP contribution in [0.1, 0.15) is 39.0 Å². The number of nitrogens with zero attached hydrogens (tertiary/aromatic N) is 2. The lowest BCUT2D eigenvalue weighted by Crippen LogP contribution is -2.13. The summed E-state index contributed by atoms with van der Waals surface area (Å²) < 4.78 is 71.8. The van der Waals surface area contributed by atoms with E-state index in [2.05, 4.69) is 4.42 Å². The Morgan fingerprint density at radius 2 is 1.41 bits per heavy atom. The summed E-state index contributed by atoms with van der Waals surface area (Å²) >= 11 is 0. The molecule has 2 rings (SSSR count). The fraction of sp³-hybridized carbons (Fsp3) is 0.444. The Morgan fingerprint density at radius 1 is 0.906 bits per heavy atom. The molecule has 0 saturated carbocycles. The number of hydrogen-bond donors (Lipinski definition) is 2. The molecule has 12 nitrogen and oxygen atoms in total. The van der Waals surface area contributed by atoms with Crippen molar-refractivity contribution in [2.45, 2.75) is 37.5 Å². The van der Waals surface area contributed by atoms with Crippen LogP contribution >= 0.6 is 0 Å². The summed E-state index contributed by atoms with van der Waals surface area (Å²) in [7, 11) is -8.71. The van der Waals surface area contributed by atoms with Gasteiger partial charge in [0.2, 0.25) is 12.0 Å². The van der Waals surface area contributed by atoms with Gasteiger partial charge in [-0.1, -0.05) is 27.7 Å². The fourth-order valence-electron chi connectivity index (χ4n) is 2.33. The van der Waals surface area contributed by atoms with Crippen molar-refractivity contribution in [2.75, 3.05) is 13.1 Å². The first kappa shape index (κ1) is 27.4. The molecule has 2 heterocycles. The highest BCUT2D eigenvalue weighted by molar-refractivity contribution is 7.86. The summed E-state index contributed by atoms with van der Waals surface area (Å²) in [5.74, 6) is 0.117. The average Bonchev–Trinajstić information content (AvgIpc) is 3.22. The summed E-state index contributed by atoms with van der Waals surface area (Å²) in [5.41, 5.74) is 0.0400. The van der Waals surface area contributed by atoms with E-state index in [0.29, 0.717) is 9.48 Å². The molecule has 0 aromatic carbocycles. The Balaban J connectivity index is 0.000000320. The van der Waals surface area contributed by atoms with E-state index in [9.17, 15) is 27.3 Å². The summed E-state index contributed by atoms with van der Waals surface area (Å²) in [4.78, 5) is -0.811. The lowest BCUT2D eigenvalue weighted by molar-refractivity contribution is -0.459. The second-order valence-corrected chi connectivity index (χ2v) is 10.3. The molecule has 0 unspecified atom stereocenters. The molecule has 0 aliphatic rings. The van der Waals surface area contributed by atoms with Gasteiger partial charge in [-0.25, -0.2) is 9.48 Å². The topological polar surface area (TPSA) is 187 Å². The van der Waals surface area contributed by atoms with Crippen LogP contribution in [0.4, 0.5) is 0 Å². The normalized spacial score (nSPS) is 13.4. The number of furan rings is 2. The first-order valence-electron chi connectivity index (χ1n) is 9.27. The van der Waals surface area contributed by atoms with Crippen molar-refractivity contribution in [3.63, 3.8) is 0 Å². The summed E-state index contributed by atoms with van der Waals surface area (Å²) in [6.45, 7) is 7.87. The highest BCUT2D eigenvalue weighted by Gasteiger charge is 2.20. The second-order valence-electron chi connectivity index (χ2n) is 7.54. The van der Waals surface area contributed by atoms with Crippen LogP contribution in [0.5, 0.6) is 0 Å². The van der Waals surface area contributed by atoms with Gasteiger partial charge in [-0.3, -0.25) is 9.11 Å². The minimum atomic E-state index is -4.35. The predicted molar refractivity (Wildman–Crippen MR) is 114 cm³/mol. The van der Waals surface area contributed by atoms with Crippen LogP contribution in [-0.4, -0.2) is 60.9 Å². The third-order valence-corrected chi connectivity index (χ3v) is 5.28. The van der Waals surface area contributed by atoms with Crippen LogP contribution in [0.25, 0.3) is 0 Å². The van der Waals surface area contributed by atoms with Gasteiger partial charge in [0, 0.05) is 11.8 Å². The van der Waals surface area contributed by atoms with Crippen LogP contribution in [0.15, 0.2) is 43.5 Å². The first-order valence-corrected chi connectivity index (χ1v) is 12.1. The molecule has 2 aromatic rings. The Hall–Kier alpha value is -2.68. The molecule has 0 amide bonds. The van der Waals surface area contributed by atoms with Crippen LogP contribution in [0.3, 0.4) is 0 Å². The van der Waals surface area contributed by atoms with E-state index < -0.39 is 30.0 Å². The van der Waals surface area contributed by atoms with Gasteiger partial charge in [-0.15, -0.1) is 0 Å². The zero-order valence-electron chi connectivity index (χ0n) is 17.9. The molecule has 0 aliphatic carbocycles. The molecule has 2 aromatic heterocycles. The Bertz CT molecular complexity index is 1060. The van der Waals surface area contributed by atoms with Gasteiger partial charge >= 0.3 is 0 Å². The summed E-state index contributed by atoms with van der Waals surface area (Å²) in [6.07, 6.45) is 5.15. The van der Waals surface area contributed by atoms with Gasteiger partial charge in [-0.2, -0.15) is 16.8 Å². The van der Waals surface area contributed by atoms with Crippen LogP contribution in [0.2, 0.25) is 0 Å². The maximum atomic E-state index is 11.3. The van der Waals surface area contributed by atoms with Gasteiger partial charge in [0.25, 0.3) is 20.2 Å². The molecule has 0 bridgehead atoms. The Morgan fingerprint density at radius 3 is 1.88 bits per heavy atom. The highest BCUT2D eigenvalue weighted by atomic mass is 32.2. The second kappa shape index (κ2) is 11.3. The molecule has 0 fully saturated rings. The zero-order chi connectivity index (χ0) is 24.7. The minimum Gasteiger partial charge on any atom is -0.624 e. The monoisotopic (exact) mass is 494 g/mol. The smallest absolute Gasteiger partial charge is 0.298 e. The van der Waals surface area contributed by atoms with E-state index in [1.807, 2.05) is 27.7 Å². The van der Waals surface area contributed by atoms with Gasteiger partial charge in [0.1, 0.15) is 22.3 Å².